The number of carbonyl (C=O) groups is 1. The van der Waals surface area contributed by atoms with Crippen LogP contribution in [0.4, 0.5) is 0 Å². The third-order valence-corrected chi connectivity index (χ3v) is 2.68. The second-order valence-corrected chi connectivity index (χ2v) is 4.96. The molecule has 76 valence electrons. The van der Waals surface area contributed by atoms with E-state index in [1.165, 1.54) is 0 Å². The maximum atomic E-state index is 10.6. The maximum Gasteiger partial charge on any atom is 0.303 e. The van der Waals surface area contributed by atoms with Crippen LogP contribution in [0.1, 0.15) is 40.5 Å². The van der Waals surface area contributed by atoms with Gasteiger partial charge in [0.2, 0.25) is 0 Å². The summed E-state index contributed by atoms with van der Waals surface area (Å²) in [7, 11) is 0. The van der Waals surface area contributed by atoms with Crippen molar-refractivity contribution >= 4 is 5.97 Å². The highest BCUT2D eigenvalue weighted by Gasteiger charge is 2.46. The standard InChI is InChI=1S/C10H18O3/c1-9(2)6-7(5-8(11)12)10(3,4)13-9/h7H,5-6H2,1-4H3,(H,11,12). The molecule has 1 rings (SSSR count). The van der Waals surface area contributed by atoms with Crippen molar-refractivity contribution in [3.8, 4) is 0 Å². The second-order valence-electron chi connectivity index (χ2n) is 4.96. The molecule has 13 heavy (non-hydrogen) atoms. The molecule has 1 heterocycles. The molecule has 1 saturated heterocycles. The van der Waals surface area contributed by atoms with E-state index in [2.05, 4.69) is 0 Å². The van der Waals surface area contributed by atoms with Crippen molar-refractivity contribution < 1.29 is 14.6 Å². The number of rotatable bonds is 2. The van der Waals surface area contributed by atoms with Crippen LogP contribution >= 0.6 is 0 Å². The molecule has 1 unspecified atom stereocenters. The van der Waals surface area contributed by atoms with Gasteiger partial charge in [0.1, 0.15) is 0 Å². The average Bonchev–Trinajstić information content (AvgIpc) is 1.98. The Morgan fingerprint density at radius 2 is 2.00 bits per heavy atom. The van der Waals surface area contributed by atoms with Crippen LogP contribution < -0.4 is 0 Å². The maximum absolute atomic E-state index is 10.6. The van der Waals surface area contributed by atoms with Crippen molar-refractivity contribution in [3.05, 3.63) is 0 Å². The highest BCUT2D eigenvalue weighted by Crippen LogP contribution is 2.43. The number of hydrogen-bond acceptors (Lipinski definition) is 2. The second kappa shape index (κ2) is 2.98. The van der Waals surface area contributed by atoms with Crippen LogP contribution in [0, 0.1) is 5.92 Å². The van der Waals surface area contributed by atoms with Gasteiger partial charge in [0.05, 0.1) is 17.6 Å². The highest BCUT2D eigenvalue weighted by molar-refractivity contribution is 5.67. The van der Waals surface area contributed by atoms with Crippen LogP contribution in [-0.2, 0) is 9.53 Å². The van der Waals surface area contributed by atoms with E-state index in [-0.39, 0.29) is 23.5 Å². The number of carboxylic acid groups (broad SMARTS) is 1. The van der Waals surface area contributed by atoms with Gasteiger partial charge >= 0.3 is 5.97 Å². The fourth-order valence-corrected chi connectivity index (χ4v) is 2.21. The quantitative estimate of drug-likeness (QED) is 0.718. The van der Waals surface area contributed by atoms with Gasteiger partial charge in [-0.25, -0.2) is 0 Å². The lowest BCUT2D eigenvalue weighted by Gasteiger charge is -2.26. The molecular formula is C10H18O3. The molecule has 0 amide bonds. The topological polar surface area (TPSA) is 46.5 Å². The van der Waals surface area contributed by atoms with Crippen molar-refractivity contribution in [3.63, 3.8) is 0 Å². The Labute approximate surface area is 79.1 Å². The Balaban J connectivity index is 2.70. The molecule has 1 fully saturated rings. The van der Waals surface area contributed by atoms with Crippen molar-refractivity contribution in [2.24, 2.45) is 5.92 Å². The molecule has 0 aliphatic carbocycles. The van der Waals surface area contributed by atoms with Crippen molar-refractivity contribution in [2.75, 3.05) is 0 Å². The summed E-state index contributed by atoms with van der Waals surface area (Å²) in [5.41, 5.74) is -0.481. The fourth-order valence-electron chi connectivity index (χ4n) is 2.21. The van der Waals surface area contributed by atoms with Gasteiger partial charge in [-0.15, -0.1) is 0 Å². The van der Waals surface area contributed by atoms with Crippen LogP contribution in [-0.4, -0.2) is 22.3 Å². The summed E-state index contributed by atoms with van der Waals surface area (Å²) >= 11 is 0. The van der Waals surface area contributed by atoms with Gasteiger partial charge in [-0.1, -0.05) is 0 Å². The first-order valence-corrected chi connectivity index (χ1v) is 4.65. The molecule has 0 radical (unpaired) electrons. The lowest BCUT2D eigenvalue weighted by molar-refractivity contribution is -0.140. The molecule has 0 spiro atoms. The summed E-state index contributed by atoms with van der Waals surface area (Å²) in [6.07, 6.45) is 1.03. The van der Waals surface area contributed by atoms with Crippen molar-refractivity contribution in [1.29, 1.82) is 0 Å². The van der Waals surface area contributed by atoms with E-state index in [4.69, 9.17) is 9.84 Å². The SMILES string of the molecule is CC1(C)CC(CC(=O)O)C(C)(C)O1. The van der Waals surface area contributed by atoms with E-state index in [1.807, 2.05) is 27.7 Å². The highest BCUT2D eigenvalue weighted by atomic mass is 16.5. The Bertz CT molecular complexity index is 218. The number of ether oxygens (including phenoxy) is 1. The third kappa shape index (κ3) is 2.44. The summed E-state index contributed by atoms with van der Waals surface area (Å²) in [5.74, 6) is -0.612. The van der Waals surface area contributed by atoms with E-state index in [1.54, 1.807) is 0 Å². The molecule has 0 aromatic carbocycles. The Morgan fingerprint density at radius 1 is 1.46 bits per heavy atom. The zero-order valence-electron chi connectivity index (χ0n) is 8.76. The van der Waals surface area contributed by atoms with Gasteiger partial charge < -0.3 is 9.84 Å². The zero-order valence-corrected chi connectivity index (χ0v) is 8.76. The minimum Gasteiger partial charge on any atom is -0.481 e. The molecule has 1 N–H and O–H groups in total. The van der Waals surface area contributed by atoms with Crippen molar-refractivity contribution in [1.82, 2.24) is 0 Å². The van der Waals surface area contributed by atoms with E-state index >= 15 is 0 Å². The lowest BCUT2D eigenvalue weighted by Crippen LogP contribution is -2.30. The molecule has 1 aliphatic rings. The first kappa shape index (κ1) is 10.5. The predicted octanol–water partition coefficient (Wildman–Crippen LogP) is 2.05. The van der Waals surface area contributed by atoms with E-state index in [0.717, 1.165) is 6.42 Å². The van der Waals surface area contributed by atoms with Gasteiger partial charge in [-0.3, -0.25) is 4.79 Å². The third-order valence-electron chi connectivity index (χ3n) is 2.68. The molecule has 3 heteroatoms. The Morgan fingerprint density at radius 3 is 2.31 bits per heavy atom. The molecule has 0 saturated carbocycles. The Hall–Kier alpha value is -0.570. The van der Waals surface area contributed by atoms with Gasteiger partial charge in [0.15, 0.2) is 0 Å². The van der Waals surface area contributed by atoms with Gasteiger partial charge in [0, 0.05) is 5.92 Å². The van der Waals surface area contributed by atoms with Crippen LogP contribution in [0.2, 0.25) is 0 Å². The summed E-state index contributed by atoms with van der Waals surface area (Å²) in [4.78, 5) is 10.6. The van der Waals surface area contributed by atoms with Crippen LogP contribution in [0.3, 0.4) is 0 Å². The largest absolute Gasteiger partial charge is 0.481 e. The van der Waals surface area contributed by atoms with Crippen LogP contribution in [0.15, 0.2) is 0 Å². The Kier molecular flexibility index (Phi) is 2.41. The minimum absolute atomic E-state index is 0.125. The van der Waals surface area contributed by atoms with Crippen LogP contribution in [0.25, 0.3) is 0 Å². The van der Waals surface area contributed by atoms with Gasteiger partial charge in [-0.2, -0.15) is 0 Å². The lowest BCUT2D eigenvalue weighted by atomic mass is 9.85. The van der Waals surface area contributed by atoms with E-state index in [0.29, 0.717) is 0 Å². The summed E-state index contributed by atoms with van der Waals surface area (Å²) < 4.78 is 5.79. The van der Waals surface area contributed by atoms with Gasteiger partial charge in [0.25, 0.3) is 0 Å². The summed E-state index contributed by atoms with van der Waals surface area (Å²) in [6.45, 7) is 7.96. The van der Waals surface area contributed by atoms with Gasteiger partial charge in [-0.05, 0) is 34.1 Å². The molecule has 0 aromatic rings. The summed E-state index contributed by atoms with van der Waals surface area (Å²) in [5, 5.41) is 8.72. The van der Waals surface area contributed by atoms with E-state index in [9.17, 15) is 4.79 Å². The van der Waals surface area contributed by atoms with Crippen molar-refractivity contribution in [2.45, 2.75) is 51.7 Å². The number of aliphatic carboxylic acids is 1. The molecule has 3 nitrogen and oxygen atoms in total. The molecular weight excluding hydrogens is 168 g/mol. The molecule has 0 bridgehead atoms. The summed E-state index contributed by atoms with van der Waals surface area (Å²) in [6, 6.07) is 0. The zero-order chi connectivity index (χ0) is 10.3. The fraction of sp³-hybridized carbons (Fsp3) is 0.900. The number of carboxylic acids is 1. The monoisotopic (exact) mass is 186 g/mol. The van der Waals surface area contributed by atoms with Crippen LogP contribution in [0.5, 0.6) is 0 Å². The molecule has 1 aliphatic heterocycles. The van der Waals surface area contributed by atoms with E-state index < -0.39 is 5.97 Å². The normalized spacial score (nSPS) is 30.3. The average molecular weight is 186 g/mol. The molecule has 0 aromatic heterocycles. The first-order valence-electron chi connectivity index (χ1n) is 4.65. The minimum atomic E-state index is -0.737. The first-order chi connectivity index (χ1) is 5.73. The molecule has 1 atom stereocenters. The smallest absolute Gasteiger partial charge is 0.303 e. The number of hydrogen-bond donors (Lipinski definition) is 1. The predicted molar refractivity (Wildman–Crippen MR) is 49.6 cm³/mol.